The Labute approximate surface area is 124 Å². The average molecular weight is 291 g/mol. The van der Waals surface area contributed by atoms with Crippen LogP contribution in [0.1, 0.15) is 31.7 Å². The van der Waals surface area contributed by atoms with E-state index in [1.165, 1.54) is 0 Å². The fourth-order valence-electron chi connectivity index (χ4n) is 2.66. The highest BCUT2D eigenvalue weighted by Gasteiger charge is 2.32. The van der Waals surface area contributed by atoms with Crippen LogP contribution in [0.15, 0.2) is 24.3 Å². The van der Waals surface area contributed by atoms with E-state index in [1.807, 2.05) is 0 Å². The summed E-state index contributed by atoms with van der Waals surface area (Å²) in [6.45, 7) is 2.67. The fraction of sp³-hybridized carbons (Fsp3) is 0.500. The van der Waals surface area contributed by atoms with Crippen LogP contribution in [-0.2, 0) is 20.7 Å². The van der Waals surface area contributed by atoms with Crippen LogP contribution in [0.4, 0.5) is 0 Å². The second-order valence-electron chi connectivity index (χ2n) is 5.20. The van der Waals surface area contributed by atoms with Crippen molar-refractivity contribution in [2.45, 2.75) is 38.6 Å². The van der Waals surface area contributed by atoms with Crippen molar-refractivity contribution in [1.29, 1.82) is 0 Å². The number of phenols is 1. The number of esters is 1. The first-order valence-corrected chi connectivity index (χ1v) is 7.36. The van der Waals surface area contributed by atoms with Gasteiger partial charge in [0.05, 0.1) is 13.0 Å². The molecule has 21 heavy (non-hydrogen) atoms. The van der Waals surface area contributed by atoms with Crippen molar-refractivity contribution in [2.24, 2.45) is 0 Å². The van der Waals surface area contributed by atoms with Gasteiger partial charge in [-0.15, -0.1) is 0 Å². The SMILES string of the molecule is CCOC(=O)C1CCCCN1C(=O)Cc1cccc(O)c1. The van der Waals surface area contributed by atoms with Crippen LogP contribution in [0.25, 0.3) is 0 Å². The lowest BCUT2D eigenvalue weighted by atomic mass is 10.0. The fourth-order valence-corrected chi connectivity index (χ4v) is 2.66. The topological polar surface area (TPSA) is 66.8 Å². The number of aromatic hydroxyl groups is 1. The summed E-state index contributed by atoms with van der Waals surface area (Å²) in [4.78, 5) is 26.0. The van der Waals surface area contributed by atoms with E-state index >= 15 is 0 Å². The van der Waals surface area contributed by atoms with Crippen LogP contribution in [0.2, 0.25) is 0 Å². The quantitative estimate of drug-likeness (QED) is 0.860. The van der Waals surface area contributed by atoms with Gasteiger partial charge in [-0.25, -0.2) is 4.79 Å². The third-order valence-electron chi connectivity index (χ3n) is 3.65. The molecule has 1 fully saturated rings. The zero-order valence-electron chi connectivity index (χ0n) is 12.2. The van der Waals surface area contributed by atoms with Gasteiger partial charge in [-0.1, -0.05) is 12.1 Å². The maximum absolute atomic E-state index is 12.4. The highest BCUT2D eigenvalue weighted by Crippen LogP contribution is 2.20. The average Bonchev–Trinajstić information content (AvgIpc) is 2.47. The van der Waals surface area contributed by atoms with Crippen LogP contribution < -0.4 is 0 Å². The van der Waals surface area contributed by atoms with Crippen molar-refractivity contribution < 1.29 is 19.4 Å². The molecule has 1 atom stereocenters. The van der Waals surface area contributed by atoms with Crippen LogP contribution >= 0.6 is 0 Å². The summed E-state index contributed by atoms with van der Waals surface area (Å²) in [7, 11) is 0. The van der Waals surface area contributed by atoms with Crippen LogP contribution in [0, 0.1) is 0 Å². The van der Waals surface area contributed by atoms with Crippen molar-refractivity contribution in [3.05, 3.63) is 29.8 Å². The molecule has 1 heterocycles. The molecule has 0 aromatic heterocycles. The summed E-state index contributed by atoms with van der Waals surface area (Å²) in [5.41, 5.74) is 0.744. The summed E-state index contributed by atoms with van der Waals surface area (Å²) in [6.07, 6.45) is 2.68. The molecule has 0 spiro atoms. The number of hydrogen-bond donors (Lipinski definition) is 1. The van der Waals surface area contributed by atoms with E-state index in [2.05, 4.69) is 0 Å². The first-order valence-electron chi connectivity index (χ1n) is 7.36. The molecule has 1 amide bonds. The largest absolute Gasteiger partial charge is 0.508 e. The Kier molecular flexibility index (Phi) is 5.20. The van der Waals surface area contributed by atoms with Gasteiger partial charge in [0.25, 0.3) is 0 Å². The molecule has 114 valence electrons. The van der Waals surface area contributed by atoms with Gasteiger partial charge in [0.2, 0.25) is 5.91 Å². The predicted octanol–water partition coefficient (Wildman–Crippen LogP) is 1.88. The first kappa shape index (κ1) is 15.4. The molecule has 1 unspecified atom stereocenters. The zero-order valence-corrected chi connectivity index (χ0v) is 12.2. The summed E-state index contributed by atoms with van der Waals surface area (Å²) >= 11 is 0. The molecule has 1 saturated heterocycles. The molecule has 0 aliphatic carbocycles. The van der Waals surface area contributed by atoms with Gasteiger partial charge in [0, 0.05) is 6.54 Å². The Morgan fingerprint density at radius 1 is 1.38 bits per heavy atom. The molecule has 1 N–H and O–H groups in total. The minimum atomic E-state index is -0.469. The van der Waals surface area contributed by atoms with E-state index in [0.717, 1.165) is 18.4 Å². The smallest absolute Gasteiger partial charge is 0.328 e. The molecule has 5 heteroatoms. The minimum Gasteiger partial charge on any atom is -0.508 e. The number of carbonyl (C=O) groups excluding carboxylic acids is 2. The van der Waals surface area contributed by atoms with Crippen molar-refractivity contribution in [3.63, 3.8) is 0 Å². The van der Waals surface area contributed by atoms with Gasteiger partial charge < -0.3 is 14.7 Å². The van der Waals surface area contributed by atoms with E-state index < -0.39 is 6.04 Å². The maximum atomic E-state index is 12.4. The standard InChI is InChI=1S/C16H21NO4/c1-2-21-16(20)14-8-3-4-9-17(14)15(19)11-12-6-5-7-13(18)10-12/h5-7,10,14,18H,2-4,8-9,11H2,1H3. The van der Waals surface area contributed by atoms with Crippen molar-refractivity contribution in [3.8, 4) is 5.75 Å². The minimum absolute atomic E-state index is 0.0987. The number of nitrogens with zero attached hydrogens (tertiary/aromatic N) is 1. The van der Waals surface area contributed by atoms with Crippen molar-refractivity contribution in [1.82, 2.24) is 4.90 Å². The van der Waals surface area contributed by atoms with Crippen molar-refractivity contribution in [2.75, 3.05) is 13.2 Å². The maximum Gasteiger partial charge on any atom is 0.328 e. The molecule has 5 nitrogen and oxygen atoms in total. The van der Waals surface area contributed by atoms with Crippen LogP contribution in [0.3, 0.4) is 0 Å². The summed E-state index contributed by atoms with van der Waals surface area (Å²) < 4.78 is 5.06. The van der Waals surface area contributed by atoms with Gasteiger partial charge in [-0.2, -0.15) is 0 Å². The van der Waals surface area contributed by atoms with Gasteiger partial charge in [-0.05, 0) is 43.9 Å². The lowest BCUT2D eigenvalue weighted by molar-refractivity contribution is -0.156. The van der Waals surface area contributed by atoms with Crippen molar-refractivity contribution >= 4 is 11.9 Å². The molecule has 1 aromatic carbocycles. The second kappa shape index (κ2) is 7.11. The van der Waals surface area contributed by atoms with E-state index in [0.29, 0.717) is 19.6 Å². The molecule has 1 aromatic rings. The van der Waals surface area contributed by atoms with Crippen LogP contribution in [-0.4, -0.2) is 41.1 Å². The van der Waals surface area contributed by atoms with Gasteiger partial charge in [0.15, 0.2) is 0 Å². The lowest BCUT2D eigenvalue weighted by Crippen LogP contribution is -2.49. The Morgan fingerprint density at radius 3 is 2.90 bits per heavy atom. The van der Waals surface area contributed by atoms with Gasteiger partial charge in [0.1, 0.15) is 11.8 Å². The number of hydrogen-bond acceptors (Lipinski definition) is 4. The third-order valence-corrected chi connectivity index (χ3v) is 3.65. The second-order valence-corrected chi connectivity index (χ2v) is 5.20. The number of phenolic OH excluding ortho intramolecular Hbond substituents is 1. The van der Waals surface area contributed by atoms with Crippen LogP contribution in [0.5, 0.6) is 5.75 Å². The zero-order chi connectivity index (χ0) is 15.2. The highest BCUT2D eigenvalue weighted by atomic mass is 16.5. The first-order chi connectivity index (χ1) is 10.1. The van der Waals surface area contributed by atoms with Gasteiger partial charge >= 0.3 is 5.97 Å². The number of carbonyl (C=O) groups is 2. The molecular weight excluding hydrogens is 270 g/mol. The Hall–Kier alpha value is -2.04. The van der Waals surface area contributed by atoms with E-state index in [4.69, 9.17) is 4.74 Å². The lowest BCUT2D eigenvalue weighted by Gasteiger charge is -2.34. The molecule has 1 aliphatic rings. The molecule has 0 radical (unpaired) electrons. The number of benzene rings is 1. The predicted molar refractivity (Wildman–Crippen MR) is 77.8 cm³/mol. The molecule has 0 bridgehead atoms. The summed E-state index contributed by atoms with van der Waals surface area (Å²) in [6, 6.07) is 6.17. The van der Waals surface area contributed by atoms with E-state index in [9.17, 15) is 14.7 Å². The molecule has 1 aliphatic heterocycles. The molecular formula is C16H21NO4. The number of amides is 1. The monoisotopic (exact) mass is 291 g/mol. The highest BCUT2D eigenvalue weighted by molar-refractivity contribution is 5.86. The number of ether oxygens (including phenoxy) is 1. The Bertz CT molecular complexity index is 515. The number of piperidine rings is 1. The summed E-state index contributed by atoms with van der Waals surface area (Å²) in [5.74, 6) is -0.277. The van der Waals surface area contributed by atoms with E-state index in [1.54, 1.807) is 36.1 Å². The molecule has 2 rings (SSSR count). The number of rotatable bonds is 4. The summed E-state index contributed by atoms with van der Waals surface area (Å²) in [5, 5.41) is 9.45. The van der Waals surface area contributed by atoms with E-state index in [-0.39, 0.29) is 24.0 Å². The number of likely N-dealkylation sites (tertiary alicyclic amines) is 1. The normalized spacial score (nSPS) is 18.3. The molecule has 0 saturated carbocycles. The third kappa shape index (κ3) is 3.97. The Morgan fingerprint density at radius 2 is 2.19 bits per heavy atom. The van der Waals surface area contributed by atoms with Gasteiger partial charge in [-0.3, -0.25) is 4.79 Å². The Balaban J connectivity index is 2.06.